The second-order valence-corrected chi connectivity index (χ2v) is 12.7. The van der Waals surface area contributed by atoms with Crippen molar-refractivity contribution in [3.8, 4) is 0 Å². The van der Waals surface area contributed by atoms with Crippen LogP contribution >= 0.6 is 18.9 Å². The Balaban J connectivity index is 1.56. The standard InChI is InChI=1S/C33H27ClO2P/c34-29-22-20-26(21-23-29)33(35)36-24-27-12-10-11-13-28(27)25-37(30-14-4-1-5-15-30,31-16-6-2-7-17-31)32-18-8-3-9-19-32/h1-23H,24-25H2/q+1. The van der Waals surface area contributed by atoms with Gasteiger partial charge in [0.15, 0.2) is 0 Å². The first-order valence-electron chi connectivity index (χ1n) is 12.2. The van der Waals surface area contributed by atoms with Crippen molar-refractivity contribution in [3.63, 3.8) is 0 Å². The van der Waals surface area contributed by atoms with E-state index in [1.165, 1.54) is 21.5 Å². The molecule has 0 heterocycles. The van der Waals surface area contributed by atoms with Gasteiger partial charge in [0.05, 0.1) is 11.7 Å². The zero-order valence-electron chi connectivity index (χ0n) is 20.3. The van der Waals surface area contributed by atoms with Gasteiger partial charge in [0.2, 0.25) is 0 Å². The number of ether oxygens (including phenoxy) is 1. The van der Waals surface area contributed by atoms with Crippen LogP contribution in [-0.2, 0) is 17.5 Å². The second kappa shape index (κ2) is 11.6. The molecule has 5 aromatic rings. The fourth-order valence-corrected chi connectivity index (χ4v) is 9.12. The number of hydrogen-bond acceptors (Lipinski definition) is 2. The van der Waals surface area contributed by atoms with E-state index in [4.69, 9.17) is 16.3 Å². The molecule has 0 unspecified atom stereocenters. The van der Waals surface area contributed by atoms with E-state index in [-0.39, 0.29) is 12.6 Å². The monoisotopic (exact) mass is 521 g/mol. The third-order valence-corrected chi connectivity index (χ3v) is 11.2. The highest BCUT2D eigenvalue weighted by atomic mass is 35.5. The molecule has 182 valence electrons. The summed E-state index contributed by atoms with van der Waals surface area (Å²) in [6.45, 7) is 0.204. The Labute approximate surface area is 223 Å². The third kappa shape index (κ3) is 5.52. The first kappa shape index (κ1) is 25.0. The van der Waals surface area contributed by atoms with Crippen LogP contribution in [0.4, 0.5) is 0 Å². The van der Waals surface area contributed by atoms with Gasteiger partial charge in [0, 0.05) is 5.02 Å². The van der Waals surface area contributed by atoms with Crippen LogP contribution in [-0.4, -0.2) is 5.97 Å². The molecule has 5 rings (SSSR count). The minimum absolute atomic E-state index is 0.204. The Kier molecular flexibility index (Phi) is 7.80. The lowest BCUT2D eigenvalue weighted by Gasteiger charge is -2.28. The lowest BCUT2D eigenvalue weighted by molar-refractivity contribution is 0.0472. The molecule has 2 nitrogen and oxygen atoms in total. The van der Waals surface area contributed by atoms with Crippen molar-refractivity contribution in [2.24, 2.45) is 0 Å². The van der Waals surface area contributed by atoms with E-state index in [1.807, 2.05) is 6.07 Å². The van der Waals surface area contributed by atoms with Crippen molar-refractivity contribution in [1.82, 2.24) is 0 Å². The number of carbonyl (C=O) groups is 1. The van der Waals surface area contributed by atoms with Crippen molar-refractivity contribution >= 4 is 40.7 Å². The molecule has 0 aliphatic rings. The lowest BCUT2D eigenvalue weighted by atomic mass is 10.1. The summed E-state index contributed by atoms with van der Waals surface area (Å²) in [7, 11) is -2.07. The van der Waals surface area contributed by atoms with Crippen molar-refractivity contribution in [1.29, 1.82) is 0 Å². The van der Waals surface area contributed by atoms with E-state index < -0.39 is 7.26 Å². The molecule has 5 aromatic carbocycles. The second-order valence-electron chi connectivity index (χ2n) is 8.83. The first-order chi connectivity index (χ1) is 18.2. The van der Waals surface area contributed by atoms with E-state index in [0.29, 0.717) is 10.6 Å². The number of rotatable bonds is 8. The molecule has 0 bridgehead atoms. The Morgan fingerprint density at radius 2 is 1.00 bits per heavy atom. The SMILES string of the molecule is O=C(OCc1ccccc1C[P+](c1ccccc1)(c1ccccc1)c1ccccc1)c1ccc(Cl)cc1. The van der Waals surface area contributed by atoms with Crippen molar-refractivity contribution in [2.75, 3.05) is 0 Å². The van der Waals surface area contributed by atoms with Gasteiger partial charge in [-0.3, -0.25) is 0 Å². The summed E-state index contributed by atoms with van der Waals surface area (Å²) in [6, 6.07) is 47.5. The van der Waals surface area contributed by atoms with E-state index >= 15 is 0 Å². The number of hydrogen-bond donors (Lipinski definition) is 0. The molecule has 0 N–H and O–H groups in total. The molecular formula is C33H27ClO2P+. The van der Waals surface area contributed by atoms with Crippen molar-refractivity contribution in [3.05, 3.63) is 161 Å². The summed E-state index contributed by atoms with van der Waals surface area (Å²) >= 11 is 5.97. The van der Waals surface area contributed by atoms with Gasteiger partial charge >= 0.3 is 5.97 Å². The number of halogens is 1. The van der Waals surface area contributed by atoms with Crippen molar-refractivity contribution < 1.29 is 9.53 Å². The minimum Gasteiger partial charge on any atom is -0.457 e. The van der Waals surface area contributed by atoms with Gasteiger partial charge in [-0.25, -0.2) is 4.79 Å². The van der Waals surface area contributed by atoms with Gasteiger partial charge in [0.1, 0.15) is 29.8 Å². The van der Waals surface area contributed by atoms with Crippen LogP contribution in [0.3, 0.4) is 0 Å². The molecule has 0 saturated carbocycles. The van der Waals surface area contributed by atoms with E-state index in [9.17, 15) is 4.79 Å². The molecule has 0 fully saturated rings. The number of esters is 1. The summed E-state index contributed by atoms with van der Waals surface area (Å²) in [5, 5.41) is 4.55. The Hall–Kier alpha value is -3.71. The summed E-state index contributed by atoms with van der Waals surface area (Å²) < 4.78 is 5.76. The maximum absolute atomic E-state index is 12.7. The van der Waals surface area contributed by atoms with Gasteiger partial charge in [-0.05, 0) is 71.8 Å². The van der Waals surface area contributed by atoms with Crippen molar-refractivity contribution in [2.45, 2.75) is 12.8 Å². The van der Waals surface area contributed by atoms with E-state index in [0.717, 1.165) is 11.7 Å². The highest BCUT2D eigenvalue weighted by molar-refractivity contribution is 7.95. The highest BCUT2D eigenvalue weighted by Crippen LogP contribution is 2.58. The van der Waals surface area contributed by atoms with E-state index in [2.05, 4.69) is 109 Å². The first-order valence-corrected chi connectivity index (χ1v) is 14.6. The van der Waals surface area contributed by atoms with E-state index in [1.54, 1.807) is 24.3 Å². The molecule has 0 aliphatic heterocycles. The molecule has 0 atom stereocenters. The van der Waals surface area contributed by atoms with Crippen LogP contribution in [0, 0.1) is 0 Å². The third-order valence-electron chi connectivity index (χ3n) is 6.56. The molecule has 4 heteroatoms. The average Bonchev–Trinajstić information content (AvgIpc) is 2.97. The quantitative estimate of drug-likeness (QED) is 0.159. The highest BCUT2D eigenvalue weighted by Gasteiger charge is 2.45. The van der Waals surface area contributed by atoms with Gasteiger partial charge in [0.25, 0.3) is 0 Å². The maximum Gasteiger partial charge on any atom is 0.338 e. The summed E-state index contributed by atoms with van der Waals surface area (Å²) in [5.41, 5.74) is 2.68. The molecule has 0 amide bonds. The molecule has 37 heavy (non-hydrogen) atoms. The molecular weight excluding hydrogens is 495 g/mol. The van der Waals surface area contributed by atoms with Crippen LogP contribution < -0.4 is 15.9 Å². The molecule has 0 aliphatic carbocycles. The fraction of sp³-hybridized carbons (Fsp3) is 0.0606. The zero-order chi connectivity index (χ0) is 25.5. The lowest BCUT2D eigenvalue weighted by Crippen LogP contribution is -2.32. The fourth-order valence-electron chi connectivity index (χ4n) is 4.69. The smallest absolute Gasteiger partial charge is 0.338 e. The normalized spacial score (nSPS) is 11.2. The molecule has 0 saturated heterocycles. The predicted octanol–water partition coefficient (Wildman–Crippen LogP) is 7.19. The Bertz CT molecular complexity index is 1360. The predicted molar refractivity (Wildman–Crippen MR) is 156 cm³/mol. The van der Waals surface area contributed by atoms with Gasteiger partial charge in [-0.2, -0.15) is 0 Å². The zero-order valence-corrected chi connectivity index (χ0v) is 22.0. The minimum atomic E-state index is -2.07. The molecule has 0 aromatic heterocycles. The summed E-state index contributed by atoms with van der Waals surface area (Å²) in [4.78, 5) is 12.7. The largest absolute Gasteiger partial charge is 0.457 e. The molecule has 0 radical (unpaired) electrons. The van der Waals surface area contributed by atoms with Gasteiger partial charge in [-0.15, -0.1) is 0 Å². The maximum atomic E-state index is 12.7. The van der Waals surface area contributed by atoms with Crippen LogP contribution in [0.15, 0.2) is 140 Å². The van der Waals surface area contributed by atoms with Crippen LogP contribution in [0.25, 0.3) is 0 Å². The van der Waals surface area contributed by atoms with Gasteiger partial charge in [-0.1, -0.05) is 90.5 Å². The summed E-state index contributed by atoms with van der Waals surface area (Å²) in [5.74, 6) is -0.360. The van der Waals surface area contributed by atoms with Gasteiger partial charge < -0.3 is 4.74 Å². The summed E-state index contributed by atoms with van der Waals surface area (Å²) in [6.07, 6.45) is 0.819. The molecule has 0 spiro atoms. The van der Waals surface area contributed by atoms with Crippen LogP contribution in [0.1, 0.15) is 21.5 Å². The van der Waals surface area contributed by atoms with Crippen LogP contribution in [0.5, 0.6) is 0 Å². The Morgan fingerprint density at radius 3 is 1.49 bits per heavy atom. The number of carbonyl (C=O) groups excluding carboxylic acids is 1. The average molecular weight is 522 g/mol. The topological polar surface area (TPSA) is 26.3 Å². The van der Waals surface area contributed by atoms with Crippen LogP contribution in [0.2, 0.25) is 5.02 Å². The number of benzene rings is 5. The Morgan fingerprint density at radius 1 is 0.568 bits per heavy atom.